The van der Waals surface area contributed by atoms with Crippen molar-refractivity contribution in [1.29, 1.82) is 0 Å². The van der Waals surface area contributed by atoms with Crippen LogP contribution in [0.1, 0.15) is 25.2 Å². The van der Waals surface area contributed by atoms with E-state index in [9.17, 15) is 0 Å². The number of hydrogen-bond donors (Lipinski definition) is 1. The first-order chi connectivity index (χ1) is 8.19. The molecule has 0 aliphatic heterocycles. The Morgan fingerprint density at radius 2 is 2.00 bits per heavy atom. The van der Waals surface area contributed by atoms with E-state index in [4.69, 9.17) is 10.3 Å². The summed E-state index contributed by atoms with van der Waals surface area (Å²) in [6.45, 7) is 4.05. The van der Waals surface area contributed by atoms with E-state index in [1.807, 2.05) is 19.1 Å². The van der Waals surface area contributed by atoms with Crippen molar-refractivity contribution in [3.05, 3.63) is 35.7 Å². The molecule has 17 heavy (non-hydrogen) atoms. The molecule has 1 heterocycles. The third-order valence-electron chi connectivity index (χ3n) is 2.58. The van der Waals surface area contributed by atoms with Crippen molar-refractivity contribution in [2.75, 3.05) is 0 Å². The van der Waals surface area contributed by atoms with E-state index >= 15 is 0 Å². The van der Waals surface area contributed by atoms with Gasteiger partial charge < -0.3 is 10.3 Å². The smallest absolute Gasteiger partial charge is 0.257 e. The molecule has 2 N–H and O–H groups in total. The van der Waals surface area contributed by atoms with Crippen LogP contribution in [0.15, 0.2) is 28.8 Å². The number of aromatic nitrogens is 2. The van der Waals surface area contributed by atoms with Gasteiger partial charge in [-0.1, -0.05) is 24.2 Å². The van der Waals surface area contributed by atoms with Crippen LogP contribution in [0, 0.1) is 0 Å². The zero-order chi connectivity index (χ0) is 12.3. The molecular weight excluding hydrogens is 214 g/mol. The lowest BCUT2D eigenvalue weighted by Crippen LogP contribution is -2.18. The third kappa shape index (κ3) is 2.91. The van der Waals surface area contributed by atoms with Gasteiger partial charge in [0.25, 0.3) is 5.89 Å². The fourth-order valence-corrected chi connectivity index (χ4v) is 1.63. The first kappa shape index (κ1) is 11.8. The molecule has 0 saturated carbocycles. The monoisotopic (exact) mass is 231 g/mol. The number of nitrogens with zero attached hydrogens (tertiary/aromatic N) is 2. The Hall–Kier alpha value is -1.68. The van der Waals surface area contributed by atoms with E-state index in [2.05, 4.69) is 29.2 Å². The zero-order valence-corrected chi connectivity index (χ0v) is 10.2. The van der Waals surface area contributed by atoms with Gasteiger partial charge in [0.05, 0.1) is 0 Å². The highest BCUT2D eigenvalue weighted by molar-refractivity contribution is 5.53. The largest absolute Gasteiger partial charge is 0.334 e. The van der Waals surface area contributed by atoms with Gasteiger partial charge in [-0.05, 0) is 31.0 Å². The fourth-order valence-electron chi connectivity index (χ4n) is 1.63. The predicted molar refractivity (Wildman–Crippen MR) is 66.5 cm³/mol. The zero-order valence-electron chi connectivity index (χ0n) is 10.2. The van der Waals surface area contributed by atoms with Crippen molar-refractivity contribution in [3.8, 4) is 11.5 Å². The molecule has 1 aromatic heterocycles. The summed E-state index contributed by atoms with van der Waals surface area (Å²) in [5.74, 6) is 1.22. The summed E-state index contributed by atoms with van der Waals surface area (Å²) in [5, 5.41) is 3.91. The van der Waals surface area contributed by atoms with Crippen molar-refractivity contribution in [2.45, 2.75) is 32.7 Å². The van der Waals surface area contributed by atoms with Crippen LogP contribution in [-0.4, -0.2) is 16.2 Å². The van der Waals surface area contributed by atoms with Crippen LogP contribution in [0.25, 0.3) is 11.5 Å². The van der Waals surface area contributed by atoms with Gasteiger partial charge in [0.2, 0.25) is 0 Å². The first-order valence-corrected chi connectivity index (χ1v) is 5.86. The maximum absolute atomic E-state index is 5.69. The Bertz CT molecular complexity index is 474. The van der Waals surface area contributed by atoms with E-state index in [-0.39, 0.29) is 6.04 Å². The molecular formula is C13H17N3O. The second-order valence-corrected chi connectivity index (χ2v) is 4.25. The highest BCUT2D eigenvalue weighted by Gasteiger charge is 2.09. The molecule has 0 spiro atoms. The summed E-state index contributed by atoms with van der Waals surface area (Å²) in [4.78, 5) is 4.32. The molecule has 0 radical (unpaired) electrons. The second kappa shape index (κ2) is 5.10. The topological polar surface area (TPSA) is 64.9 Å². The molecule has 90 valence electrons. The van der Waals surface area contributed by atoms with Gasteiger partial charge in [-0.2, -0.15) is 4.98 Å². The molecule has 4 heteroatoms. The van der Waals surface area contributed by atoms with Crippen molar-refractivity contribution in [1.82, 2.24) is 10.1 Å². The van der Waals surface area contributed by atoms with Crippen LogP contribution in [0.2, 0.25) is 0 Å². The standard InChI is InChI=1S/C13H17N3O/c1-3-10-4-6-11(7-5-10)13-15-12(16-17-13)8-9(2)14/h4-7,9H,3,8,14H2,1-2H3. The maximum Gasteiger partial charge on any atom is 0.257 e. The molecule has 0 aliphatic rings. The van der Waals surface area contributed by atoms with Crippen LogP contribution in [-0.2, 0) is 12.8 Å². The molecule has 2 rings (SSSR count). The Kier molecular flexibility index (Phi) is 3.54. The lowest BCUT2D eigenvalue weighted by atomic mass is 10.1. The number of nitrogens with two attached hydrogens (primary N) is 1. The molecule has 4 nitrogen and oxygen atoms in total. The Morgan fingerprint density at radius 1 is 1.29 bits per heavy atom. The van der Waals surface area contributed by atoms with Gasteiger partial charge in [0.1, 0.15) is 0 Å². The molecule has 0 saturated heterocycles. The van der Waals surface area contributed by atoms with Crippen LogP contribution >= 0.6 is 0 Å². The minimum atomic E-state index is 0.0444. The van der Waals surface area contributed by atoms with Crippen molar-refractivity contribution < 1.29 is 4.52 Å². The summed E-state index contributed by atoms with van der Waals surface area (Å²) < 4.78 is 5.21. The van der Waals surface area contributed by atoms with Gasteiger partial charge in [-0.3, -0.25) is 0 Å². The highest BCUT2D eigenvalue weighted by Crippen LogP contribution is 2.18. The van der Waals surface area contributed by atoms with Gasteiger partial charge in [-0.15, -0.1) is 0 Å². The normalized spacial score (nSPS) is 12.6. The SMILES string of the molecule is CCc1ccc(-c2nc(CC(C)N)no2)cc1. The minimum Gasteiger partial charge on any atom is -0.334 e. The van der Waals surface area contributed by atoms with Crippen molar-refractivity contribution in [3.63, 3.8) is 0 Å². The van der Waals surface area contributed by atoms with Gasteiger partial charge >= 0.3 is 0 Å². The van der Waals surface area contributed by atoms with Gasteiger partial charge in [0.15, 0.2) is 5.82 Å². The van der Waals surface area contributed by atoms with Gasteiger partial charge in [-0.25, -0.2) is 0 Å². The molecule has 2 aromatic rings. The van der Waals surface area contributed by atoms with E-state index < -0.39 is 0 Å². The number of hydrogen-bond acceptors (Lipinski definition) is 4. The number of aryl methyl sites for hydroxylation is 1. The third-order valence-corrected chi connectivity index (χ3v) is 2.58. The quantitative estimate of drug-likeness (QED) is 0.876. The summed E-state index contributed by atoms with van der Waals surface area (Å²) in [6.07, 6.45) is 1.66. The molecule has 0 fully saturated rings. The molecule has 1 aromatic carbocycles. The van der Waals surface area contributed by atoms with E-state index in [1.54, 1.807) is 0 Å². The second-order valence-electron chi connectivity index (χ2n) is 4.25. The van der Waals surface area contributed by atoms with Crippen LogP contribution in [0.5, 0.6) is 0 Å². The first-order valence-electron chi connectivity index (χ1n) is 5.86. The maximum atomic E-state index is 5.69. The Balaban J connectivity index is 2.18. The predicted octanol–water partition coefficient (Wildman–Crippen LogP) is 2.19. The summed E-state index contributed by atoms with van der Waals surface area (Å²) >= 11 is 0. The molecule has 0 bridgehead atoms. The number of rotatable bonds is 4. The summed E-state index contributed by atoms with van der Waals surface area (Å²) in [5.41, 5.74) is 7.93. The van der Waals surface area contributed by atoms with E-state index in [0.29, 0.717) is 18.1 Å². The van der Waals surface area contributed by atoms with Crippen molar-refractivity contribution >= 4 is 0 Å². The van der Waals surface area contributed by atoms with Crippen molar-refractivity contribution in [2.24, 2.45) is 5.73 Å². The summed E-state index contributed by atoms with van der Waals surface area (Å²) in [7, 11) is 0. The van der Waals surface area contributed by atoms with Crippen LogP contribution in [0.4, 0.5) is 0 Å². The van der Waals surface area contributed by atoms with E-state index in [0.717, 1.165) is 12.0 Å². The van der Waals surface area contributed by atoms with E-state index in [1.165, 1.54) is 5.56 Å². The lowest BCUT2D eigenvalue weighted by molar-refractivity contribution is 0.420. The highest BCUT2D eigenvalue weighted by atomic mass is 16.5. The van der Waals surface area contributed by atoms with Crippen LogP contribution < -0.4 is 5.73 Å². The molecule has 1 unspecified atom stereocenters. The fraction of sp³-hybridized carbons (Fsp3) is 0.385. The van der Waals surface area contributed by atoms with Crippen LogP contribution in [0.3, 0.4) is 0 Å². The molecule has 0 aliphatic carbocycles. The Morgan fingerprint density at radius 3 is 2.59 bits per heavy atom. The minimum absolute atomic E-state index is 0.0444. The Labute approximate surface area is 101 Å². The average Bonchev–Trinajstić information content (AvgIpc) is 2.77. The molecule has 1 atom stereocenters. The van der Waals surface area contributed by atoms with Gasteiger partial charge in [0, 0.05) is 18.0 Å². The summed E-state index contributed by atoms with van der Waals surface area (Å²) in [6, 6.07) is 8.20. The molecule has 0 amide bonds. The lowest BCUT2D eigenvalue weighted by Gasteiger charge is -1.98. The number of benzene rings is 1. The average molecular weight is 231 g/mol.